The molecule has 0 amide bonds. The summed E-state index contributed by atoms with van der Waals surface area (Å²) in [4.78, 5) is 11.3. The van der Waals surface area contributed by atoms with E-state index >= 15 is 0 Å². The summed E-state index contributed by atoms with van der Waals surface area (Å²) in [6.45, 7) is -0.782. The van der Waals surface area contributed by atoms with E-state index in [1.165, 1.54) is 0 Å². The largest absolute Gasteiger partial charge is 0.464 e. The molecule has 0 radical (unpaired) electrons. The number of hydrogen-bond acceptors (Lipinski definition) is 4. The number of hydrogen-bond donors (Lipinski definition) is 1. The lowest BCUT2D eigenvalue weighted by atomic mass is 9.68. The Kier molecular flexibility index (Phi) is 3.72. The number of alkyl halides is 3. The molecule has 1 aliphatic rings. The highest BCUT2D eigenvalue weighted by Crippen LogP contribution is 2.53. The van der Waals surface area contributed by atoms with E-state index in [9.17, 15) is 26.4 Å². The van der Waals surface area contributed by atoms with Crippen molar-refractivity contribution >= 4 is 16.1 Å². The van der Waals surface area contributed by atoms with Crippen LogP contribution in [0.3, 0.4) is 0 Å². The smallest absolute Gasteiger partial charge is 0.404 e. The van der Waals surface area contributed by atoms with Gasteiger partial charge in [0.05, 0.1) is 0 Å². The first-order valence-corrected chi connectivity index (χ1v) is 6.38. The zero-order chi connectivity index (χ0) is 13.3. The van der Waals surface area contributed by atoms with Gasteiger partial charge in [0.25, 0.3) is 10.1 Å². The van der Waals surface area contributed by atoms with Crippen molar-refractivity contribution in [2.75, 3.05) is 12.4 Å². The minimum absolute atomic E-state index is 0.271. The molecule has 0 spiro atoms. The second-order valence-corrected chi connectivity index (χ2v) is 5.43. The van der Waals surface area contributed by atoms with Crippen LogP contribution in [0.15, 0.2) is 0 Å². The van der Waals surface area contributed by atoms with E-state index in [-0.39, 0.29) is 19.3 Å². The number of ether oxygens (including phenoxy) is 1. The third kappa shape index (κ3) is 3.09. The molecule has 0 heterocycles. The van der Waals surface area contributed by atoms with Gasteiger partial charge in [0.2, 0.25) is 0 Å². The maximum Gasteiger partial charge on any atom is 0.404 e. The van der Waals surface area contributed by atoms with Crippen molar-refractivity contribution in [1.82, 2.24) is 0 Å². The Balaban J connectivity index is 2.58. The minimum atomic E-state index is -4.69. The van der Waals surface area contributed by atoms with Gasteiger partial charge in [-0.15, -0.1) is 0 Å². The average molecular weight is 276 g/mol. The van der Waals surface area contributed by atoms with E-state index in [1.807, 2.05) is 0 Å². The lowest BCUT2D eigenvalue weighted by Crippen LogP contribution is -2.51. The normalized spacial score (nSPS) is 19.5. The van der Waals surface area contributed by atoms with Crippen molar-refractivity contribution in [3.05, 3.63) is 0 Å². The Morgan fingerprint density at radius 2 is 1.88 bits per heavy atom. The second kappa shape index (κ2) is 4.45. The summed E-state index contributed by atoms with van der Waals surface area (Å²) in [5.74, 6) is -2.38. The third-order valence-corrected chi connectivity index (χ3v) is 3.40. The molecular formula is C8H11F3O5S. The molecule has 5 nitrogen and oxygen atoms in total. The van der Waals surface area contributed by atoms with Crippen LogP contribution in [0.5, 0.6) is 0 Å². The van der Waals surface area contributed by atoms with Crippen molar-refractivity contribution in [3.8, 4) is 0 Å². The van der Waals surface area contributed by atoms with Gasteiger partial charge in [-0.3, -0.25) is 9.35 Å². The van der Waals surface area contributed by atoms with E-state index in [0.717, 1.165) is 0 Å². The third-order valence-electron chi connectivity index (χ3n) is 2.71. The quantitative estimate of drug-likeness (QED) is 0.615. The Hall–Kier alpha value is -0.830. The number of halogens is 3. The second-order valence-electron chi connectivity index (χ2n) is 3.86. The minimum Gasteiger partial charge on any atom is -0.464 e. The molecular weight excluding hydrogens is 265 g/mol. The summed E-state index contributed by atoms with van der Waals surface area (Å²) in [5, 5.41) is 0. The maximum atomic E-state index is 12.6. The lowest BCUT2D eigenvalue weighted by molar-refractivity contribution is -0.254. The molecule has 0 aromatic rings. The zero-order valence-corrected chi connectivity index (χ0v) is 9.47. The monoisotopic (exact) mass is 276 g/mol. The van der Waals surface area contributed by atoms with Gasteiger partial charge in [0.1, 0.15) is 12.4 Å². The molecule has 1 aliphatic carbocycles. The van der Waals surface area contributed by atoms with Crippen molar-refractivity contribution in [1.29, 1.82) is 0 Å². The number of rotatable bonds is 4. The zero-order valence-electron chi connectivity index (χ0n) is 8.66. The number of carbonyl (C=O) groups is 1. The number of esters is 1. The molecule has 0 saturated heterocycles. The average Bonchev–Trinajstić information content (AvgIpc) is 1.94. The van der Waals surface area contributed by atoms with Crippen LogP contribution in [-0.2, 0) is 19.6 Å². The summed E-state index contributed by atoms with van der Waals surface area (Å²) in [5.41, 5.74) is -2.49. The lowest BCUT2D eigenvalue weighted by Gasteiger charge is -2.40. The van der Waals surface area contributed by atoms with Gasteiger partial charge in [-0.1, -0.05) is 6.42 Å². The van der Waals surface area contributed by atoms with Gasteiger partial charge in [0.15, 0.2) is 5.41 Å². The van der Waals surface area contributed by atoms with Gasteiger partial charge in [-0.05, 0) is 12.8 Å². The summed E-state index contributed by atoms with van der Waals surface area (Å²) >= 11 is 0. The van der Waals surface area contributed by atoms with Crippen molar-refractivity contribution < 1.29 is 35.7 Å². The maximum absolute atomic E-state index is 12.6. The van der Waals surface area contributed by atoms with Crippen molar-refractivity contribution in [2.24, 2.45) is 5.41 Å². The fraction of sp³-hybridized carbons (Fsp3) is 0.875. The van der Waals surface area contributed by atoms with E-state index in [0.29, 0.717) is 0 Å². The molecule has 0 aliphatic heterocycles. The predicted octanol–water partition coefficient (Wildman–Crippen LogP) is 1.15. The van der Waals surface area contributed by atoms with Crippen LogP contribution in [0.4, 0.5) is 13.2 Å². The molecule has 1 rings (SSSR count). The molecule has 0 aromatic heterocycles. The summed E-state index contributed by atoms with van der Waals surface area (Å²) in [6.07, 6.45) is -5.12. The van der Waals surface area contributed by atoms with Crippen LogP contribution < -0.4 is 0 Å². The highest BCUT2D eigenvalue weighted by molar-refractivity contribution is 7.85. The van der Waals surface area contributed by atoms with Crippen LogP contribution in [0, 0.1) is 5.41 Å². The summed E-state index contributed by atoms with van der Waals surface area (Å²) < 4.78 is 70.9. The molecule has 9 heteroatoms. The Morgan fingerprint density at radius 3 is 2.18 bits per heavy atom. The van der Waals surface area contributed by atoms with Crippen molar-refractivity contribution in [2.45, 2.75) is 25.4 Å². The fourth-order valence-electron chi connectivity index (χ4n) is 1.51. The number of carbonyl (C=O) groups excluding carboxylic acids is 1. The highest BCUT2D eigenvalue weighted by atomic mass is 32.2. The van der Waals surface area contributed by atoms with Crippen LogP contribution in [-0.4, -0.2) is 37.5 Å². The molecule has 0 atom stereocenters. The molecule has 1 fully saturated rings. The van der Waals surface area contributed by atoms with Gasteiger partial charge in [-0.2, -0.15) is 21.6 Å². The predicted molar refractivity (Wildman–Crippen MR) is 49.7 cm³/mol. The Morgan fingerprint density at radius 1 is 1.35 bits per heavy atom. The SMILES string of the molecule is O=C(OCCS(=O)(=O)O)C1(C(F)(F)F)CCC1. The fourth-order valence-corrected chi connectivity index (χ4v) is 1.81. The molecule has 0 bridgehead atoms. The molecule has 100 valence electrons. The highest BCUT2D eigenvalue weighted by Gasteiger charge is 2.64. The molecule has 17 heavy (non-hydrogen) atoms. The van der Waals surface area contributed by atoms with Gasteiger partial charge in [-0.25, -0.2) is 0 Å². The van der Waals surface area contributed by atoms with Crippen LogP contribution in [0.2, 0.25) is 0 Å². The molecule has 0 aromatic carbocycles. The Bertz CT molecular complexity index is 396. The van der Waals surface area contributed by atoms with Gasteiger partial charge in [0, 0.05) is 0 Å². The Labute approximate surface area is 95.7 Å². The van der Waals surface area contributed by atoms with E-state index in [1.54, 1.807) is 0 Å². The van der Waals surface area contributed by atoms with E-state index in [2.05, 4.69) is 4.74 Å². The summed E-state index contributed by atoms with van der Waals surface area (Å²) in [7, 11) is -4.35. The standard InChI is InChI=1S/C8H11F3O5S/c9-8(10,11)7(2-1-3-7)6(12)16-4-5-17(13,14)15/h1-5H2,(H,13,14,15). The first kappa shape index (κ1) is 14.2. The van der Waals surface area contributed by atoms with Crippen LogP contribution >= 0.6 is 0 Å². The van der Waals surface area contributed by atoms with E-state index in [4.69, 9.17) is 4.55 Å². The van der Waals surface area contributed by atoms with Gasteiger partial charge >= 0.3 is 12.1 Å². The topological polar surface area (TPSA) is 80.7 Å². The first-order valence-electron chi connectivity index (χ1n) is 4.78. The van der Waals surface area contributed by atoms with Crippen molar-refractivity contribution in [3.63, 3.8) is 0 Å². The van der Waals surface area contributed by atoms with Gasteiger partial charge < -0.3 is 4.74 Å². The van der Waals surface area contributed by atoms with Crippen LogP contribution in [0.25, 0.3) is 0 Å². The molecule has 0 unspecified atom stereocenters. The summed E-state index contributed by atoms with van der Waals surface area (Å²) in [6, 6.07) is 0. The van der Waals surface area contributed by atoms with Crippen LogP contribution in [0.1, 0.15) is 19.3 Å². The van der Waals surface area contributed by atoms with E-state index < -0.39 is 40.0 Å². The molecule has 1 N–H and O–H groups in total. The molecule has 1 saturated carbocycles. The first-order chi connectivity index (χ1) is 7.58.